The van der Waals surface area contributed by atoms with E-state index in [9.17, 15) is 63.9 Å². The number of amides is 5. The van der Waals surface area contributed by atoms with Gasteiger partial charge in [0.2, 0.25) is 30.0 Å². The molecule has 0 aromatic rings. The number of hydrogen-bond donors (Lipinski definition) is 11. The van der Waals surface area contributed by atoms with Gasteiger partial charge in [0.15, 0.2) is 12.1 Å². The summed E-state index contributed by atoms with van der Waals surface area (Å²) in [6.07, 6.45) is -7.91. The van der Waals surface area contributed by atoms with E-state index in [1.54, 1.807) is 0 Å². The molecule has 21 nitrogen and oxygen atoms in total. The Balaban J connectivity index is 3.57. The van der Waals surface area contributed by atoms with E-state index in [4.69, 9.17) is 9.94 Å². The average Bonchev–Trinajstić information content (AvgIpc) is 3.05. The number of ketones is 1. The van der Waals surface area contributed by atoms with Gasteiger partial charge in [-0.1, -0.05) is 0 Å². The molecule has 0 spiro atoms. The summed E-state index contributed by atoms with van der Waals surface area (Å²) in [6, 6.07) is -6.75. The van der Waals surface area contributed by atoms with Gasteiger partial charge in [-0.05, 0) is 39.5 Å². The van der Waals surface area contributed by atoms with Gasteiger partial charge in [-0.25, -0.2) is 15.1 Å². The third-order valence-electron chi connectivity index (χ3n) is 7.96. The summed E-state index contributed by atoms with van der Waals surface area (Å²) in [6.45, 7) is 1.49. The van der Waals surface area contributed by atoms with Crippen LogP contribution < -0.4 is 26.7 Å². The van der Waals surface area contributed by atoms with Crippen LogP contribution in [0.4, 0.5) is 0 Å². The fourth-order valence-electron chi connectivity index (χ4n) is 5.06. The fourth-order valence-corrected chi connectivity index (χ4v) is 5.06. The number of ether oxygens (including phenoxy) is 1. The molecule has 0 radical (unpaired) electrons. The highest BCUT2D eigenvalue weighted by molar-refractivity contribution is 5.96. The van der Waals surface area contributed by atoms with Gasteiger partial charge in [0.1, 0.15) is 24.0 Å². The lowest BCUT2D eigenvalue weighted by Crippen LogP contribution is -2.60. The summed E-state index contributed by atoms with van der Waals surface area (Å²) < 4.78 is 5.12. The molecule has 0 aromatic heterocycles. The second-order valence-corrected chi connectivity index (χ2v) is 12.3. The van der Waals surface area contributed by atoms with E-state index in [0.717, 1.165) is 0 Å². The van der Waals surface area contributed by atoms with Crippen LogP contribution in [0.2, 0.25) is 0 Å². The van der Waals surface area contributed by atoms with Gasteiger partial charge >= 0.3 is 11.9 Å². The Bertz CT molecular complexity index is 1220. The summed E-state index contributed by atoms with van der Waals surface area (Å²) in [4.78, 5) is 102. The number of carboxylic acids is 1. The zero-order chi connectivity index (χ0) is 38.8. The molecule has 290 valence electrons. The van der Waals surface area contributed by atoms with Gasteiger partial charge in [0, 0.05) is 33.0 Å². The quantitative estimate of drug-likeness (QED) is 0.0365. The van der Waals surface area contributed by atoms with Crippen molar-refractivity contribution in [2.75, 3.05) is 26.7 Å². The SMILES string of the molecule is CC1CC(=O)NC(CCCN(C)C=O)C(O)CC(=O)CC(C(C)O)C(=O)NC(CCCNO)C(=O)NC(CO)C(=O)NC(C(O)C(=O)O)C(=O)O1. The summed E-state index contributed by atoms with van der Waals surface area (Å²) in [5, 5.41) is 68.7. The molecule has 5 amide bonds. The van der Waals surface area contributed by atoms with E-state index in [1.807, 2.05) is 10.8 Å². The summed E-state index contributed by atoms with van der Waals surface area (Å²) in [7, 11) is 1.50. The molecule has 1 heterocycles. The van der Waals surface area contributed by atoms with Crippen molar-refractivity contribution >= 4 is 47.8 Å². The number of carboxylic acid groups (broad SMARTS) is 1. The van der Waals surface area contributed by atoms with Crippen molar-refractivity contribution in [2.24, 2.45) is 5.92 Å². The number of rotatable bonds is 13. The lowest BCUT2D eigenvalue weighted by molar-refractivity contribution is -0.164. The maximum atomic E-state index is 13.3. The first-order valence-electron chi connectivity index (χ1n) is 16.3. The molecule has 1 rings (SSSR count). The van der Waals surface area contributed by atoms with Gasteiger partial charge in [0.05, 0.1) is 37.2 Å². The molecule has 1 saturated heterocycles. The number of hydrogen-bond acceptors (Lipinski definition) is 15. The molecule has 0 saturated carbocycles. The largest absolute Gasteiger partial charge is 0.479 e. The summed E-state index contributed by atoms with van der Waals surface area (Å²) in [5.41, 5.74) is 1.86. The Labute approximate surface area is 293 Å². The highest BCUT2D eigenvalue weighted by Crippen LogP contribution is 2.17. The minimum absolute atomic E-state index is 0.0529. The number of cyclic esters (lactones) is 1. The third kappa shape index (κ3) is 15.7. The fraction of sp³-hybridized carbons (Fsp3) is 0.733. The molecular weight excluding hydrogens is 684 g/mol. The van der Waals surface area contributed by atoms with Gasteiger partial charge in [0.25, 0.3) is 0 Å². The zero-order valence-electron chi connectivity index (χ0n) is 28.6. The number of hydroxylamine groups is 1. The Morgan fingerprint density at radius 1 is 0.961 bits per heavy atom. The van der Waals surface area contributed by atoms with Crippen LogP contribution in [0.3, 0.4) is 0 Å². The van der Waals surface area contributed by atoms with E-state index >= 15 is 0 Å². The number of nitrogens with one attached hydrogen (secondary N) is 5. The highest BCUT2D eigenvalue weighted by atomic mass is 16.5. The van der Waals surface area contributed by atoms with Crippen LogP contribution in [-0.2, 0) is 43.1 Å². The number of aliphatic hydroxyl groups excluding tert-OH is 4. The average molecular weight is 735 g/mol. The first kappa shape index (κ1) is 44.7. The molecule has 0 bridgehead atoms. The number of carbonyl (C=O) groups excluding carboxylic acids is 7. The minimum Gasteiger partial charge on any atom is -0.479 e. The van der Waals surface area contributed by atoms with Gasteiger partial charge in [-0.3, -0.25) is 28.8 Å². The van der Waals surface area contributed by atoms with E-state index in [-0.39, 0.29) is 38.8 Å². The van der Waals surface area contributed by atoms with E-state index in [1.165, 1.54) is 25.8 Å². The molecule has 0 aromatic carbocycles. The van der Waals surface area contributed by atoms with Crippen molar-refractivity contribution in [2.45, 2.75) is 107 Å². The normalized spacial score (nSPS) is 27.7. The van der Waals surface area contributed by atoms with Gasteiger partial charge in [-0.2, -0.15) is 0 Å². The smallest absolute Gasteiger partial charge is 0.335 e. The molecule has 9 unspecified atom stereocenters. The minimum atomic E-state index is -2.59. The van der Waals surface area contributed by atoms with Crippen LogP contribution in [0.1, 0.15) is 58.8 Å². The predicted octanol–water partition coefficient (Wildman–Crippen LogP) is -4.97. The maximum Gasteiger partial charge on any atom is 0.335 e. The second kappa shape index (κ2) is 22.5. The van der Waals surface area contributed by atoms with Crippen molar-refractivity contribution in [3.05, 3.63) is 0 Å². The zero-order valence-corrected chi connectivity index (χ0v) is 28.6. The predicted molar refractivity (Wildman–Crippen MR) is 171 cm³/mol. The first-order valence-corrected chi connectivity index (χ1v) is 16.3. The molecule has 9 atom stereocenters. The first-order chi connectivity index (χ1) is 23.9. The molecule has 11 N–H and O–H groups in total. The van der Waals surface area contributed by atoms with Gasteiger partial charge in [-0.15, -0.1) is 0 Å². The van der Waals surface area contributed by atoms with Crippen molar-refractivity contribution in [1.29, 1.82) is 0 Å². The van der Waals surface area contributed by atoms with Crippen LogP contribution in [0, 0.1) is 5.92 Å². The van der Waals surface area contributed by atoms with Gasteiger partial charge < -0.3 is 61.6 Å². The molecule has 1 aliphatic rings. The van der Waals surface area contributed by atoms with E-state index < -0.39 is 122 Å². The number of aliphatic carboxylic acids is 1. The van der Waals surface area contributed by atoms with Crippen LogP contribution in [0.5, 0.6) is 0 Å². The van der Waals surface area contributed by atoms with Crippen LogP contribution in [0.15, 0.2) is 0 Å². The molecule has 51 heavy (non-hydrogen) atoms. The molecule has 1 aliphatic heterocycles. The highest BCUT2D eigenvalue weighted by Gasteiger charge is 2.39. The standard InChI is InChI=1S/C30H50N6O15/c1-15-10-23(42)32-19(7-5-9-36(3)14-38)22(41)12-17(40)11-18(16(2)39)26(44)33-20(6-4-8-31-50)27(45)34-21(13-37)28(46)35-24(30(49)51-15)25(43)29(47)48/h14-16,18-22,24-25,31,37,39,41,43,50H,4-13H2,1-3H3,(H,32,42)(H,33,44)(H,34,45)(H,35,46)(H,47,48). The van der Waals surface area contributed by atoms with Crippen molar-refractivity contribution in [3.63, 3.8) is 0 Å². The molecule has 21 heteroatoms. The number of esters is 1. The second-order valence-electron chi connectivity index (χ2n) is 12.3. The number of Topliss-reactive ketones (excluding diaryl/α,β-unsaturated/α-hetero) is 1. The van der Waals surface area contributed by atoms with E-state index in [0.29, 0.717) is 6.41 Å². The maximum absolute atomic E-state index is 13.3. The third-order valence-corrected chi connectivity index (χ3v) is 7.96. The van der Waals surface area contributed by atoms with E-state index in [2.05, 4.69) is 16.0 Å². The number of carbonyl (C=O) groups is 8. The van der Waals surface area contributed by atoms with Crippen LogP contribution >= 0.6 is 0 Å². The van der Waals surface area contributed by atoms with Crippen molar-refractivity contribution < 1.29 is 73.8 Å². The topological polar surface area (TPSA) is 331 Å². The Morgan fingerprint density at radius 3 is 2.16 bits per heavy atom. The Morgan fingerprint density at radius 2 is 1.59 bits per heavy atom. The Kier molecular flexibility index (Phi) is 19.8. The lowest BCUT2D eigenvalue weighted by Gasteiger charge is -2.27. The van der Waals surface area contributed by atoms with Crippen LogP contribution in [0.25, 0.3) is 0 Å². The number of nitrogens with zero attached hydrogens (tertiary/aromatic N) is 1. The lowest BCUT2D eigenvalue weighted by atomic mass is 9.91. The number of aliphatic hydroxyl groups is 4. The van der Waals surface area contributed by atoms with Crippen molar-refractivity contribution in [1.82, 2.24) is 31.6 Å². The van der Waals surface area contributed by atoms with Crippen molar-refractivity contribution in [3.8, 4) is 0 Å². The van der Waals surface area contributed by atoms with Crippen LogP contribution in [-0.4, -0.2) is 159 Å². The molecule has 1 fully saturated rings. The Hall–Kier alpha value is -4.28. The summed E-state index contributed by atoms with van der Waals surface area (Å²) in [5.74, 6) is -9.82. The molecule has 0 aliphatic carbocycles. The molecular formula is C30H50N6O15. The summed E-state index contributed by atoms with van der Waals surface area (Å²) >= 11 is 0. The monoisotopic (exact) mass is 734 g/mol.